The highest BCUT2D eigenvalue weighted by Gasteiger charge is 2.28. The van der Waals surface area contributed by atoms with Crippen LogP contribution in [0.4, 0.5) is 22.7 Å². The first-order valence-electron chi connectivity index (χ1n) is 28.4. The molecule has 3 unspecified atom stereocenters. The predicted molar refractivity (Wildman–Crippen MR) is 314 cm³/mol. The molecule has 0 aliphatic heterocycles. The summed E-state index contributed by atoms with van der Waals surface area (Å²) in [6, 6.07) is 34.2. The SMILES string of the molecule is CCCCC(CC)CNC(=O)c1cccc(N=Nc2c(-c3ccccc3)c(C#N)c(O)n(CCn3c(O)c(C#N)c(-c4ccccc4)c(N=Nc4cccc(C(=O)N(CC(CC)CCCC)CC(CC)CCCC)c4)c3=O)c2=O)c1. The lowest BCUT2D eigenvalue weighted by Gasteiger charge is -2.31. The van der Waals surface area contributed by atoms with Crippen molar-refractivity contribution in [3.8, 4) is 46.2 Å². The third-order valence-corrected chi connectivity index (χ3v) is 14.9. The number of rotatable bonds is 29. The van der Waals surface area contributed by atoms with E-state index in [4.69, 9.17) is 0 Å². The van der Waals surface area contributed by atoms with Gasteiger partial charge in [-0.1, -0.05) is 172 Å². The molecule has 2 heterocycles. The maximum absolute atomic E-state index is 14.9. The fourth-order valence-electron chi connectivity index (χ4n) is 9.97. The molecule has 0 aliphatic carbocycles. The third kappa shape index (κ3) is 15.4. The van der Waals surface area contributed by atoms with Crippen LogP contribution in [0.1, 0.15) is 150 Å². The van der Waals surface area contributed by atoms with Gasteiger partial charge in [-0.3, -0.25) is 28.3 Å². The van der Waals surface area contributed by atoms with Crippen molar-refractivity contribution in [2.45, 2.75) is 132 Å². The van der Waals surface area contributed by atoms with Crippen molar-refractivity contribution in [1.82, 2.24) is 19.4 Å². The van der Waals surface area contributed by atoms with Crippen LogP contribution >= 0.6 is 0 Å². The highest BCUT2D eigenvalue weighted by Crippen LogP contribution is 2.39. The van der Waals surface area contributed by atoms with Crippen molar-refractivity contribution in [2.75, 3.05) is 19.6 Å². The molecule has 16 nitrogen and oxygen atoms in total. The Morgan fingerprint density at radius 2 is 0.975 bits per heavy atom. The second kappa shape index (κ2) is 30.6. The normalized spacial score (nSPS) is 12.5. The lowest BCUT2D eigenvalue weighted by molar-refractivity contribution is 0.0684. The zero-order valence-electron chi connectivity index (χ0n) is 47.2. The quantitative estimate of drug-likeness (QED) is 0.0382. The summed E-state index contributed by atoms with van der Waals surface area (Å²) in [5, 5.41) is 65.6. The summed E-state index contributed by atoms with van der Waals surface area (Å²) >= 11 is 0. The average Bonchev–Trinajstić information content (AvgIpc) is 3.51. The molecule has 2 amide bonds. The number of nitrogens with one attached hydrogen (secondary N) is 1. The number of amides is 2. The van der Waals surface area contributed by atoms with E-state index >= 15 is 0 Å². The van der Waals surface area contributed by atoms with E-state index in [0.29, 0.717) is 59.6 Å². The molecule has 0 bridgehead atoms. The van der Waals surface area contributed by atoms with Crippen molar-refractivity contribution >= 4 is 34.6 Å². The van der Waals surface area contributed by atoms with Gasteiger partial charge in [0, 0.05) is 55.0 Å². The van der Waals surface area contributed by atoms with Crippen LogP contribution in [0.25, 0.3) is 22.3 Å². The number of pyridine rings is 2. The van der Waals surface area contributed by atoms with Gasteiger partial charge in [0.2, 0.25) is 11.8 Å². The molecule has 0 fully saturated rings. The highest BCUT2D eigenvalue weighted by atomic mass is 16.3. The van der Waals surface area contributed by atoms with E-state index in [2.05, 4.69) is 67.3 Å². The smallest absolute Gasteiger partial charge is 0.281 e. The van der Waals surface area contributed by atoms with Gasteiger partial charge in [-0.25, -0.2) is 0 Å². The monoisotopic (exact) mass is 1080 g/mol. The zero-order chi connectivity index (χ0) is 57.6. The van der Waals surface area contributed by atoms with E-state index in [1.807, 2.05) is 17.0 Å². The molecule has 16 heteroatoms. The number of aromatic nitrogens is 2. The molecule has 3 N–H and O–H groups in total. The number of unbranched alkanes of at least 4 members (excludes halogenated alkanes) is 3. The van der Waals surface area contributed by atoms with Gasteiger partial charge in [-0.05, 0) is 84.5 Å². The van der Waals surface area contributed by atoms with Crippen molar-refractivity contribution < 1.29 is 19.8 Å². The molecular weight excluding hydrogens is 1000 g/mol. The van der Waals surface area contributed by atoms with Crippen LogP contribution in [0.15, 0.2) is 139 Å². The maximum atomic E-state index is 14.9. The van der Waals surface area contributed by atoms with E-state index in [1.54, 1.807) is 103 Å². The second-order valence-electron chi connectivity index (χ2n) is 20.4. The fraction of sp³-hybridized carbons (Fsp3) is 0.406. The molecule has 3 atom stereocenters. The van der Waals surface area contributed by atoms with Crippen molar-refractivity contribution in [3.63, 3.8) is 0 Å². The van der Waals surface area contributed by atoms with Gasteiger partial charge in [0.25, 0.3) is 22.9 Å². The Morgan fingerprint density at radius 1 is 0.562 bits per heavy atom. The Morgan fingerprint density at radius 3 is 1.39 bits per heavy atom. The summed E-state index contributed by atoms with van der Waals surface area (Å²) in [6.45, 7) is 13.7. The first-order chi connectivity index (χ1) is 38.9. The van der Waals surface area contributed by atoms with E-state index in [-0.39, 0.29) is 56.8 Å². The molecule has 0 saturated heterocycles. The van der Waals surface area contributed by atoms with Gasteiger partial charge in [-0.15, -0.1) is 10.2 Å². The van der Waals surface area contributed by atoms with E-state index in [9.17, 15) is 39.9 Å². The van der Waals surface area contributed by atoms with Crippen LogP contribution in [0, 0.1) is 40.4 Å². The Bertz CT molecular complexity index is 3300. The third-order valence-electron chi connectivity index (χ3n) is 14.9. The molecule has 2 aromatic heterocycles. The number of hydrogen-bond acceptors (Lipinski definition) is 12. The molecule has 0 spiro atoms. The molecule has 80 heavy (non-hydrogen) atoms. The number of nitrogens with zero attached hydrogens (tertiary/aromatic N) is 9. The van der Waals surface area contributed by atoms with Crippen LogP contribution in [0.5, 0.6) is 11.8 Å². The van der Waals surface area contributed by atoms with Crippen molar-refractivity contribution in [1.29, 1.82) is 10.5 Å². The van der Waals surface area contributed by atoms with Gasteiger partial charge < -0.3 is 20.4 Å². The number of nitriles is 2. The Balaban J connectivity index is 1.40. The van der Waals surface area contributed by atoms with Gasteiger partial charge in [-0.2, -0.15) is 20.8 Å². The Hall–Kier alpha value is -8.50. The van der Waals surface area contributed by atoms with Gasteiger partial charge in [0.1, 0.15) is 23.3 Å². The molecule has 4 aromatic carbocycles. The largest absolute Gasteiger partial charge is 0.493 e. The fourth-order valence-corrected chi connectivity index (χ4v) is 9.97. The number of carbonyl (C=O) groups excluding carboxylic acids is 2. The van der Waals surface area contributed by atoms with E-state index in [1.165, 1.54) is 6.07 Å². The number of carbonyl (C=O) groups is 2. The minimum absolute atomic E-state index is 0.00314. The van der Waals surface area contributed by atoms with Gasteiger partial charge in [0.15, 0.2) is 11.4 Å². The molecule has 6 rings (SSSR count). The van der Waals surface area contributed by atoms with Crippen LogP contribution < -0.4 is 16.4 Å². The predicted octanol–water partition coefficient (Wildman–Crippen LogP) is 14.9. The summed E-state index contributed by atoms with van der Waals surface area (Å²) in [7, 11) is 0. The van der Waals surface area contributed by atoms with Gasteiger partial charge >= 0.3 is 0 Å². The van der Waals surface area contributed by atoms with Crippen LogP contribution in [0.3, 0.4) is 0 Å². The maximum Gasteiger partial charge on any atom is 0.281 e. The van der Waals surface area contributed by atoms with Crippen LogP contribution in [-0.2, 0) is 13.1 Å². The average molecular weight is 1080 g/mol. The zero-order valence-corrected chi connectivity index (χ0v) is 47.2. The molecule has 0 aliphatic rings. The summed E-state index contributed by atoms with van der Waals surface area (Å²) < 4.78 is 1.71. The summed E-state index contributed by atoms with van der Waals surface area (Å²) in [5.74, 6) is -0.860. The van der Waals surface area contributed by atoms with Crippen molar-refractivity contribution in [2.24, 2.45) is 38.2 Å². The highest BCUT2D eigenvalue weighted by molar-refractivity contribution is 5.95. The minimum atomic E-state index is -0.894. The van der Waals surface area contributed by atoms with Crippen LogP contribution in [-0.4, -0.2) is 55.7 Å². The standard InChI is InChI=1S/C64H76N10O6/c1-7-13-24-44(10-4)41-67-59(75)49-31-22-33-51(37-49)68-70-57-55(47-27-18-16-19-28-47)53(39-65)61(77)73(63(57)79)35-36-74-62(78)54(40-66)56(48-29-20-17-21-30-48)58(64(74)80)71-69-52-34-23-32-50(38-52)60(76)72(42-45(11-5)25-14-8-2)43-46(12-6)26-15-9-3/h16-23,27-34,37-38,44-46,77-78H,7-15,24-26,35-36,41-43H2,1-6H3,(H,67,75). The van der Waals surface area contributed by atoms with Crippen LogP contribution in [0.2, 0.25) is 0 Å². The first kappa shape index (κ1) is 60.7. The topological polar surface area (TPSA) is 231 Å². The number of hydrogen-bond donors (Lipinski definition) is 3. The van der Waals surface area contributed by atoms with Gasteiger partial charge in [0.05, 0.1) is 11.4 Å². The summed E-state index contributed by atoms with van der Waals surface area (Å²) in [6.07, 6.45) is 12.3. The number of aromatic hydroxyl groups is 2. The van der Waals surface area contributed by atoms with E-state index in [0.717, 1.165) is 86.2 Å². The first-order valence-corrected chi connectivity index (χ1v) is 28.4. The molecular formula is C64H76N10O6. The molecule has 0 radical (unpaired) electrons. The van der Waals surface area contributed by atoms with E-state index < -0.39 is 36.0 Å². The number of benzene rings is 4. The second-order valence-corrected chi connectivity index (χ2v) is 20.4. The molecule has 6 aromatic rings. The Kier molecular flexibility index (Phi) is 23.2. The lowest BCUT2D eigenvalue weighted by Crippen LogP contribution is -2.39. The van der Waals surface area contributed by atoms with Crippen molar-refractivity contribution in [3.05, 3.63) is 152 Å². The lowest BCUT2D eigenvalue weighted by atomic mass is 9.95. The molecule has 0 saturated carbocycles. The molecule has 418 valence electrons. The number of azo groups is 2. The summed E-state index contributed by atoms with van der Waals surface area (Å²) in [4.78, 5) is 59.4. The Labute approximate surface area is 470 Å². The summed E-state index contributed by atoms with van der Waals surface area (Å²) in [5.41, 5.74) is -1.03. The minimum Gasteiger partial charge on any atom is -0.493 e.